The minimum absolute atomic E-state index is 0.0433. The first-order valence-electron chi connectivity index (χ1n) is 5.43. The zero-order chi connectivity index (χ0) is 12.8. The van der Waals surface area contributed by atoms with E-state index in [1.807, 2.05) is 19.2 Å². The Hall–Kier alpha value is -1.43. The van der Waals surface area contributed by atoms with Crippen LogP contribution in [0.15, 0.2) is 5.38 Å². The van der Waals surface area contributed by atoms with Gasteiger partial charge in [-0.1, -0.05) is 6.92 Å². The Labute approximate surface area is 104 Å². The van der Waals surface area contributed by atoms with E-state index < -0.39 is 5.97 Å². The fraction of sp³-hybridized carbons (Fsp3) is 0.545. The monoisotopic (exact) mass is 256 g/mol. The van der Waals surface area contributed by atoms with Crippen LogP contribution in [0.5, 0.6) is 0 Å². The summed E-state index contributed by atoms with van der Waals surface area (Å²) in [6.45, 7) is 3.73. The number of thiazole rings is 1. The van der Waals surface area contributed by atoms with Gasteiger partial charge in [-0.05, 0) is 13.3 Å². The fourth-order valence-corrected chi connectivity index (χ4v) is 2.05. The first kappa shape index (κ1) is 13.6. The van der Waals surface area contributed by atoms with Crippen molar-refractivity contribution in [3.05, 3.63) is 16.1 Å². The number of nitrogens with zero attached hydrogens (tertiary/aromatic N) is 1. The molecule has 1 rings (SSSR count). The standard InChI is InChI=1S/C11H16N2O3S/c1-3-8(5-11(15)16)13-10(14)4-9-6-17-7(2)12-9/h6,8H,3-5H2,1-2H3,(H,13,14)(H,15,16). The van der Waals surface area contributed by atoms with Crippen molar-refractivity contribution in [2.75, 3.05) is 0 Å². The Morgan fingerprint density at radius 2 is 2.29 bits per heavy atom. The zero-order valence-electron chi connectivity index (χ0n) is 9.90. The minimum Gasteiger partial charge on any atom is -0.481 e. The molecule has 0 aliphatic heterocycles. The van der Waals surface area contributed by atoms with Gasteiger partial charge in [0.1, 0.15) is 0 Å². The van der Waals surface area contributed by atoms with Crippen LogP contribution in [0.2, 0.25) is 0 Å². The summed E-state index contributed by atoms with van der Waals surface area (Å²) in [6, 6.07) is -0.306. The predicted molar refractivity (Wildman–Crippen MR) is 65.0 cm³/mol. The Kier molecular flexibility index (Phi) is 5.09. The van der Waals surface area contributed by atoms with E-state index in [2.05, 4.69) is 10.3 Å². The van der Waals surface area contributed by atoms with Crippen LogP contribution in [0.4, 0.5) is 0 Å². The Morgan fingerprint density at radius 1 is 1.59 bits per heavy atom. The maximum absolute atomic E-state index is 11.6. The molecule has 1 aromatic heterocycles. The first-order valence-corrected chi connectivity index (χ1v) is 6.31. The molecule has 1 unspecified atom stereocenters. The first-order chi connectivity index (χ1) is 8.01. The number of nitrogens with one attached hydrogen (secondary N) is 1. The molecule has 0 saturated heterocycles. The molecule has 1 aromatic rings. The van der Waals surface area contributed by atoms with Gasteiger partial charge >= 0.3 is 5.97 Å². The number of aliphatic carboxylic acids is 1. The Morgan fingerprint density at radius 3 is 2.76 bits per heavy atom. The third kappa shape index (κ3) is 4.95. The number of hydrogen-bond acceptors (Lipinski definition) is 4. The van der Waals surface area contributed by atoms with E-state index in [0.29, 0.717) is 6.42 Å². The fourth-order valence-electron chi connectivity index (χ4n) is 1.44. The lowest BCUT2D eigenvalue weighted by Crippen LogP contribution is -2.37. The highest BCUT2D eigenvalue weighted by molar-refractivity contribution is 7.09. The number of aryl methyl sites for hydroxylation is 1. The minimum atomic E-state index is -0.901. The molecule has 6 heteroatoms. The largest absolute Gasteiger partial charge is 0.481 e. The van der Waals surface area contributed by atoms with Crippen LogP contribution in [0.25, 0.3) is 0 Å². The number of carboxylic acids is 1. The lowest BCUT2D eigenvalue weighted by Gasteiger charge is -2.14. The van der Waals surface area contributed by atoms with Crippen molar-refractivity contribution in [2.24, 2.45) is 0 Å². The third-order valence-corrected chi connectivity index (χ3v) is 3.11. The molecule has 0 saturated carbocycles. The van der Waals surface area contributed by atoms with E-state index in [0.717, 1.165) is 10.7 Å². The smallest absolute Gasteiger partial charge is 0.305 e. The van der Waals surface area contributed by atoms with E-state index >= 15 is 0 Å². The number of aromatic nitrogens is 1. The highest BCUT2D eigenvalue weighted by Gasteiger charge is 2.14. The number of hydrogen-bond donors (Lipinski definition) is 2. The van der Waals surface area contributed by atoms with Crippen LogP contribution in [0.1, 0.15) is 30.5 Å². The van der Waals surface area contributed by atoms with Gasteiger partial charge in [0, 0.05) is 11.4 Å². The highest BCUT2D eigenvalue weighted by Crippen LogP contribution is 2.08. The molecule has 0 fully saturated rings. The molecular formula is C11H16N2O3S. The SMILES string of the molecule is CCC(CC(=O)O)NC(=O)Cc1csc(C)n1. The van der Waals surface area contributed by atoms with Gasteiger partial charge in [0.05, 0.1) is 23.5 Å². The van der Waals surface area contributed by atoms with Crippen molar-refractivity contribution >= 4 is 23.2 Å². The van der Waals surface area contributed by atoms with E-state index in [1.54, 1.807) is 0 Å². The lowest BCUT2D eigenvalue weighted by atomic mass is 10.1. The lowest BCUT2D eigenvalue weighted by molar-refractivity contribution is -0.137. The number of amides is 1. The molecule has 0 spiro atoms. The number of carboxylic acid groups (broad SMARTS) is 1. The molecule has 1 atom stereocenters. The molecule has 1 amide bonds. The van der Waals surface area contributed by atoms with E-state index in [4.69, 9.17) is 5.11 Å². The number of rotatable bonds is 6. The van der Waals surface area contributed by atoms with Crippen LogP contribution < -0.4 is 5.32 Å². The van der Waals surface area contributed by atoms with Gasteiger partial charge in [-0.15, -0.1) is 11.3 Å². The van der Waals surface area contributed by atoms with Crippen molar-refractivity contribution < 1.29 is 14.7 Å². The normalized spacial score (nSPS) is 12.1. The highest BCUT2D eigenvalue weighted by atomic mass is 32.1. The second-order valence-corrected chi connectivity index (χ2v) is 4.87. The van der Waals surface area contributed by atoms with Gasteiger partial charge in [0.25, 0.3) is 0 Å². The number of carbonyl (C=O) groups excluding carboxylic acids is 1. The van der Waals surface area contributed by atoms with Crippen LogP contribution >= 0.6 is 11.3 Å². The average molecular weight is 256 g/mol. The van der Waals surface area contributed by atoms with Crippen molar-refractivity contribution in [1.29, 1.82) is 0 Å². The van der Waals surface area contributed by atoms with Crippen molar-refractivity contribution in [2.45, 2.75) is 39.2 Å². The summed E-state index contributed by atoms with van der Waals surface area (Å²) in [5.41, 5.74) is 0.732. The molecule has 2 N–H and O–H groups in total. The van der Waals surface area contributed by atoms with Crippen LogP contribution in [0, 0.1) is 6.92 Å². The molecule has 0 aromatic carbocycles. The summed E-state index contributed by atoms with van der Waals surface area (Å²) in [5, 5.41) is 14.1. The van der Waals surface area contributed by atoms with Crippen molar-refractivity contribution in [1.82, 2.24) is 10.3 Å². The molecule has 0 radical (unpaired) electrons. The van der Waals surface area contributed by atoms with E-state index in [1.165, 1.54) is 11.3 Å². The average Bonchev–Trinajstić information content (AvgIpc) is 2.62. The van der Waals surface area contributed by atoms with Gasteiger partial charge in [0.2, 0.25) is 5.91 Å². The molecular weight excluding hydrogens is 240 g/mol. The van der Waals surface area contributed by atoms with Gasteiger partial charge in [-0.3, -0.25) is 9.59 Å². The molecule has 17 heavy (non-hydrogen) atoms. The molecule has 1 heterocycles. The Bertz CT molecular complexity index is 403. The zero-order valence-corrected chi connectivity index (χ0v) is 10.7. The summed E-state index contributed by atoms with van der Waals surface area (Å²) in [5.74, 6) is -1.08. The van der Waals surface area contributed by atoms with Crippen LogP contribution in [0.3, 0.4) is 0 Å². The van der Waals surface area contributed by atoms with Gasteiger partial charge in [-0.2, -0.15) is 0 Å². The molecule has 0 aliphatic rings. The third-order valence-electron chi connectivity index (χ3n) is 2.29. The second kappa shape index (κ2) is 6.34. The quantitative estimate of drug-likeness (QED) is 0.805. The summed E-state index contributed by atoms with van der Waals surface area (Å²) in [4.78, 5) is 26.4. The molecule has 94 valence electrons. The van der Waals surface area contributed by atoms with Gasteiger partial charge < -0.3 is 10.4 Å². The van der Waals surface area contributed by atoms with Crippen molar-refractivity contribution in [3.8, 4) is 0 Å². The van der Waals surface area contributed by atoms with Crippen LogP contribution in [-0.2, 0) is 16.0 Å². The van der Waals surface area contributed by atoms with Crippen LogP contribution in [-0.4, -0.2) is 28.0 Å². The molecule has 0 bridgehead atoms. The molecule has 5 nitrogen and oxygen atoms in total. The van der Waals surface area contributed by atoms with Gasteiger partial charge in [0.15, 0.2) is 0 Å². The van der Waals surface area contributed by atoms with Gasteiger partial charge in [-0.25, -0.2) is 4.98 Å². The topological polar surface area (TPSA) is 79.3 Å². The maximum Gasteiger partial charge on any atom is 0.305 e. The molecule has 0 aliphatic carbocycles. The second-order valence-electron chi connectivity index (χ2n) is 3.81. The summed E-state index contributed by atoms with van der Waals surface area (Å²) >= 11 is 1.50. The van der Waals surface area contributed by atoms with E-state index in [9.17, 15) is 9.59 Å². The predicted octanol–water partition coefficient (Wildman–Crippen LogP) is 1.36. The van der Waals surface area contributed by atoms with E-state index in [-0.39, 0.29) is 24.8 Å². The number of carbonyl (C=O) groups is 2. The van der Waals surface area contributed by atoms with Crippen molar-refractivity contribution in [3.63, 3.8) is 0 Å². The maximum atomic E-state index is 11.6. The summed E-state index contributed by atoms with van der Waals surface area (Å²) < 4.78 is 0. The Balaban J connectivity index is 2.45. The summed E-state index contributed by atoms with van der Waals surface area (Å²) in [7, 11) is 0. The summed E-state index contributed by atoms with van der Waals surface area (Å²) in [6.07, 6.45) is 0.771.